The van der Waals surface area contributed by atoms with Crippen LogP contribution in [0.15, 0.2) is 23.1 Å². The van der Waals surface area contributed by atoms with Crippen molar-refractivity contribution in [1.82, 2.24) is 4.72 Å². The van der Waals surface area contributed by atoms with E-state index in [9.17, 15) is 23.6 Å². The molecule has 110 valence electrons. The van der Waals surface area contributed by atoms with Gasteiger partial charge in [0.25, 0.3) is 0 Å². The maximum atomic E-state index is 12.1. The Balaban J connectivity index is 2.21. The number of nitrogens with zero attached hydrogens (tertiary/aromatic N) is 1. The fourth-order valence-corrected chi connectivity index (χ4v) is 3.35. The van der Waals surface area contributed by atoms with Gasteiger partial charge < -0.3 is 5.11 Å². The lowest BCUT2D eigenvalue weighted by Crippen LogP contribution is -2.39. The molecule has 0 heterocycles. The van der Waals surface area contributed by atoms with E-state index in [-0.39, 0.29) is 10.3 Å². The summed E-state index contributed by atoms with van der Waals surface area (Å²) in [6.07, 6.45) is 3.01. The summed E-state index contributed by atoms with van der Waals surface area (Å²) < 4.78 is 26.7. The molecular weight excluding hydrogens is 284 g/mol. The second kappa shape index (κ2) is 5.02. The SMILES string of the molecule is CC1(CNS(=O)(=O)c2ccc(O)c([N+](=O)[O-])c2)CCC1. The average Bonchev–Trinajstić information content (AvgIpc) is 2.34. The lowest BCUT2D eigenvalue weighted by molar-refractivity contribution is -0.386. The van der Waals surface area contributed by atoms with Crippen LogP contribution in [0.1, 0.15) is 26.2 Å². The Labute approximate surface area is 116 Å². The monoisotopic (exact) mass is 300 g/mol. The molecule has 0 saturated heterocycles. The summed E-state index contributed by atoms with van der Waals surface area (Å²) >= 11 is 0. The molecule has 0 aliphatic heterocycles. The van der Waals surface area contributed by atoms with Crippen molar-refractivity contribution >= 4 is 15.7 Å². The zero-order valence-corrected chi connectivity index (χ0v) is 11.8. The van der Waals surface area contributed by atoms with E-state index in [1.165, 1.54) is 0 Å². The predicted octanol–water partition coefficient (Wildman–Crippen LogP) is 1.77. The van der Waals surface area contributed by atoms with Crippen molar-refractivity contribution in [1.29, 1.82) is 0 Å². The number of hydrogen-bond donors (Lipinski definition) is 2. The molecule has 0 bridgehead atoms. The summed E-state index contributed by atoms with van der Waals surface area (Å²) in [6, 6.07) is 3.02. The lowest BCUT2D eigenvalue weighted by Gasteiger charge is -2.38. The van der Waals surface area contributed by atoms with Crippen molar-refractivity contribution in [3.63, 3.8) is 0 Å². The Morgan fingerprint density at radius 1 is 1.45 bits per heavy atom. The number of rotatable bonds is 5. The first kappa shape index (κ1) is 14.7. The van der Waals surface area contributed by atoms with Crippen molar-refractivity contribution in [2.24, 2.45) is 5.41 Å². The van der Waals surface area contributed by atoms with E-state index in [0.717, 1.165) is 37.5 Å². The van der Waals surface area contributed by atoms with Crippen LogP contribution >= 0.6 is 0 Å². The molecule has 1 aliphatic rings. The van der Waals surface area contributed by atoms with Gasteiger partial charge in [-0.1, -0.05) is 13.3 Å². The number of sulfonamides is 1. The molecule has 1 aromatic carbocycles. The van der Waals surface area contributed by atoms with Crippen LogP contribution in [0, 0.1) is 15.5 Å². The molecule has 0 unspecified atom stereocenters. The summed E-state index contributed by atoms with van der Waals surface area (Å²) in [4.78, 5) is 9.67. The minimum absolute atomic E-state index is 0.0318. The van der Waals surface area contributed by atoms with Crippen molar-refractivity contribution < 1.29 is 18.4 Å². The Hall–Kier alpha value is -1.67. The van der Waals surface area contributed by atoms with E-state index in [0.29, 0.717) is 6.54 Å². The van der Waals surface area contributed by atoms with Crippen molar-refractivity contribution in [3.8, 4) is 5.75 Å². The molecule has 2 N–H and O–H groups in total. The lowest BCUT2D eigenvalue weighted by atomic mass is 9.71. The molecule has 1 saturated carbocycles. The third kappa shape index (κ3) is 2.91. The van der Waals surface area contributed by atoms with E-state index in [1.54, 1.807) is 0 Å². The first-order valence-electron chi connectivity index (χ1n) is 6.21. The fourth-order valence-electron chi connectivity index (χ4n) is 2.13. The van der Waals surface area contributed by atoms with Crippen LogP contribution in [0.2, 0.25) is 0 Å². The number of nitrogens with one attached hydrogen (secondary N) is 1. The maximum Gasteiger partial charge on any atom is 0.312 e. The molecule has 1 aliphatic carbocycles. The fraction of sp³-hybridized carbons (Fsp3) is 0.500. The van der Waals surface area contributed by atoms with Gasteiger partial charge in [-0.2, -0.15) is 0 Å². The van der Waals surface area contributed by atoms with Gasteiger partial charge in [0.2, 0.25) is 10.0 Å². The molecular formula is C12H16N2O5S. The third-order valence-electron chi connectivity index (χ3n) is 3.70. The van der Waals surface area contributed by atoms with Gasteiger partial charge in [0, 0.05) is 12.6 Å². The maximum absolute atomic E-state index is 12.1. The molecule has 0 amide bonds. The highest BCUT2D eigenvalue weighted by atomic mass is 32.2. The molecule has 8 heteroatoms. The molecule has 0 spiro atoms. The van der Waals surface area contributed by atoms with E-state index in [2.05, 4.69) is 4.72 Å². The highest BCUT2D eigenvalue weighted by Gasteiger charge is 2.33. The van der Waals surface area contributed by atoms with Crippen LogP contribution in [0.25, 0.3) is 0 Å². The minimum atomic E-state index is -3.81. The van der Waals surface area contributed by atoms with E-state index < -0.39 is 26.4 Å². The third-order valence-corrected chi connectivity index (χ3v) is 5.10. The highest BCUT2D eigenvalue weighted by molar-refractivity contribution is 7.89. The number of nitro groups is 1. The van der Waals surface area contributed by atoms with E-state index in [4.69, 9.17) is 0 Å². The molecule has 0 radical (unpaired) electrons. The second-order valence-electron chi connectivity index (χ2n) is 5.40. The Bertz CT molecular complexity index is 637. The summed E-state index contributed by atoms with van der Waals surface area (Å²) in [5.41, 5.74) is -0.654. The number of phenols is 1. The van der Waals surface area contributed by atoms with Gasteiger partial charge in [0.15, 0.2) is 5.75 Å². The largest absolute Gasteiger partial charge is 0.502 e. The van der Waals surface area contributed by atoms with E-state index >= 15 is 0 Å². The summed E-state index contributed by atoms with van der Waals surface area (Å²) in [6.45, 7) is 2.31. The number of aromatic hydroxyl groups is 1. The van der Waals surface area contributed by atoms with Crippen LogP contribution < -0.4 is 4.72 Å². The minimum Gasteiger partial charge on any atom is -0.502 e. The van der Waals surface area contributed by atoms with Gasteiger partial charge in [-0.3, -0.25) is 10.1 Å². The summed E-state index contributed by atoms with van der Waals surface area (Å²) in [5.74, 6) is -0.556. The quantitative estimate of drug-likeness (QED) is 0.636. The molecule has 2 rings (SSSR count). The summed E-state index contributed by atoms with van der Waals surface area (Å²) in [5, 5.41) is 20.0. The first-order valence-corrected chi connectivity index (χ1v) is 7.69. The smallest absolute Gasteiger partial charge is 0.312 e. The normalized spacial score (nSPS) is 17.4. The van der Waals surface area contributed by atoms with Crippen molar-refractivity contribution in [2.45, 2.75) is 31.1 Å². The zero-order chi connectivity index (χ0) is 15.0. The van der Waals surface area contributed by atoms with Crippen molar-refractivity contribution in [2.75, 3.05) is 6.54 Å². The molecule has 7 nitrogen and oxygen atoms in total. The molecule has 0 atom stereocenters. The van der Waals surface area contributed by atoms with Gasteiger partial charge in [-0.05, 0) is 30.4 Å². The Morgan fingerprint density at radius 3 is 2.60 bits per heavy atom. The van der Waals surface area contributed by atoms with E-state index in [1.807, 2.05) is 6.92 Å². The topological polar surface area (TPSA) is 110 Å². The van der Waals surface area contributed by atoms with Gasteiger partial charge in [0.1, 0.15) is 0 Å². The molecule has 0 aromatic heterocycles. The molecule has 20 heavy (non-hydrogen) atoms. The van der Waals surface area contributed by atoms with Crippen LogP contribution in [-0.4, -0.2) is 25.0 Å². The van der Waals surface area contributed by atoms with Gasteiger partial charge in [-0.25, -0.2) is 13.1 Å². The second-order valence-corrected chi connectivity index (χ2v) is 7.16. The van der Waals surface area contributed by atoms with Crippen LogP contribution in [0.5, 0.6) is 5.75 Å². The van der Waals surface area contributed by atoms with Gasteiger partial charge in [-0.15, -0.1) is 0 Å². The van der Waals surface area contributed by atoms with Crippen LogP contribution in [0.3, 0.4) is 0 Å². The number of benzene rings is 1. The summed E-state index contributed by atoms with van der Waals surface area (Å²) in [7, 11) is -3.81. The Kier molecular flexibility index (Phi) is 3.70. The first-order chi connectivity index (χ1) is 9.23. The molecule has 1 aromatic rings. The predicted molar refractivity (Wildman–Crippen MR) is 71.9 cm³/mol. The van der Waals surface area contributed by atoms with Crippen molar-refractivity contribution in [3.05, 3.63) is 28.3 Å². The standard InChI is InChI=1S/C12H16N2O5S/c1-12(5-2-6-12)8-13-20(18,19)9-3-4-11(15)10(7-9)14(16)17/h3-4,7,13,15H,2,5-6,8H2,1H3. The van der Waals surface area contributed by atoms with Crippen LogP contribution in [-0.2, 0) is 10.0 Å². The van der Waals surface area contributed by atoms with Gasteiger partial charge in [0.05, 0.1) is 9.82 Å². The average molecular weight is 300 g/mol. The van der Waals surface area contributed by atoms with Gasteiger partial charge >= 0.3 is 5.69 Å². The number of hydrogen-bond acceptors (Lipinski definition) is 5. The number of nitro benzene ring substituents is 1. The molecule has 1 fully saturated rings. The highest BCUT2D eigenvalue weighted by Crippen LogP contribution is 2.39. The Morgan fingerprint density at radius 2 is 2.10 bits per heavy atom. The number of phenolic OH excluding ortho intramolecular Hbond substituents is 1. The van der Waals surface area contributed by atoms with Crippen LogP contribution in [0.4, 0.5) is 5.69 Å². The zero-order valence-electron chi connectivity index (χ0n) is 11.0.